The van der Waals surface area contributed by atoms with Gasteiger partial charge in [0.05, 0.1) is 0 Å². The van der Waals surface area contributed by atoms with E-state index in [1.807, 2.05) is 54.6 Å². The Morgan fingerprint density at radius 3 is 2.37 bits per heavy atom. The highest BCUT2D eigenvalue weighted by atomic mass is 16.5. The number of hydrogen-bond donors (Lipinski definition) is 0. The number of para-hydroxylation sites is 1. The number of aliphatic imine (C=N–C) groups is 1. The first-order chi connectivity index (χ1) is 17.1. The summed E-state index contributed by atoms with van der Waals surface area (Å²) in [6, 6.07) is 16.9. The van der Waals surface area contributed by atoms with E-state index in [1.54, 1.807) is 11.9 Å². The van der Waals surface area contributed by atoms with E-state index in [2.05, 4.69) is 16.7 Å². The second-order valence-corrected chi connectivity index (χ2v) is 9.34. The monoisotopic (exact) mass is 475 g/mol. The summed E-state index contributed by atoms with van der Waals surface area (Å²) in [5.74, 6) is 2.18. The van der Waals surface area contributed by atoms with E-state index in [1.165, 1.54) is 17.7 Å². The van der Waals surface area contributed by atoms with Crippen LogP contribution in [0.2, 0.25) is 0 Å². The first-order valence-corrected chi connectivity index (χ1v) is 12.6. The van der Waals surface area contributed by atoms with E-state index in [0.29, 0.717) is 13.1 Å². The number of likely N-dealkylation sites (N-methyl/N-ethyl adjacent to an activating group) is 1. The second-order valence-electron chi connectivity index (χ2n) is 9.34. The van der Waals surface area contributed by atoms with Gasteiger partial charge >= 0.3 is 6.03 Å². The van der Waals surface area contributed by atoms with Crippen molar-refractivity contribution < 1.29 is 14.3 Å². The average molecular weight is 476 g/mol. The smallest absolute Gasteiger partial charge is 0.328 e. The molecule has 3 aliphatic heterocycles. The minimum atomic E-state index is -0.482. The average Bonchev–Trinajstić information content (AvgIpc) is 3.45. The van der Waals surface area contributed by atoms with Crippen LogP contribution in [0.25, 0.3) is 0 Å². The van der Waals surface area contributed by atoms with Gasteiger partial charge in [-0.3, -0.25) is 9.69 Å². The lowest BCUT2D eigenvalue weighted by molar-refractivity contribution is -0.137. The summed E-state index contributed by atoms with van der Waals surface area (Å²) in [4.78, 5) is 38.5. The summed E-state index contributed by atoms with van der Waals surface area (Å²) >= 11 is 0. The maximum Gasteiger partial charge on any atom is 0.328 e. The van der Waals surface area contributed by atoms with E-state index in [-0.39, 0.29) is 11.9 Å². The number of nitrogens with zero attached hydrogens (tertiary/aromatic N) is 5. The number of carbonyl (C=O) groups excluding carboxylic acids is 2. The van der Waals surface area contributed by atoms with Gasteiger partial charge in [-0.1, -0.05) is 50.8 Å². The van der Waals surface area contributed by atoms with Gasteiger partial charge in [-0.2, -0.15) is 0 Å². The summed E-state index contributed by atoms with van der Waals surface area (Å²) in [5.41, 5.74) is 0.986. The van der Waals surface area contributed by atoms with Crippen LogP contribution >= 0.6 is 0 Å². The molecule has 2 aromatic rings. The number of guanidine groups is 1. The molecule has 0 spiro atoms. The molecule has 0 bridgehead atoms. The van der Waals surface area contributed by atoms with Crippen molar-refractivity contribution in [2.45, 2.75) is 51.2 Å². The van der Waals surface area contributed by atoms with Crippen LogP contribution < -0.4 is 9.64 Å². The largest absolute Gasteiger partial charge is 0.457 e. The molecule has 0 aromatic heterocycles. The molecular weight excluding hydrogens is 442 g/mol. The number of carbonyl (C=O) groups is 2. The molecule has 2 fully saturated rings. The molecule has 184 valence electrons. The zero-order valence-corrected chi connectivity index (χ0v) is 20.5. The molecular formula is C27H33N5O3. The standard InChI is InChI=1S/C27H33N5O3/c1-3-4-5-6-10-17-32-25(33)23-24(29(2)27(32)34)28-26-30(18-19-31(23)26)20-13-15-22(16-14-20)35-21-11-8-7-9-12-21/h7-9,11-16,23-24H,3-6,10,17-19H2,1-2H3. The number of ether oxygens (including phenoxy) is 1. The Labute approximate surface area is 206 Å². The maximum absolute atomic E-state index is 13.4. The minimum absolute atomic E-state index is 0.124. The lowest BCUT2D eigenvalue weighted by Gasteiger charge is -2.40. The van der Waals surface area contributed by atoms with Gasteiger partial charge in [0.1, 0.15) is 11.5 Å². The number of fused-ring (bicyclic) bond motifs is 3. The fraction of sp³-hybridized carbons (Fsp3) is 0.444. The van der Waals surface area contributed by atoms with Gasteiger partial charge in [-0.05, 0) is 42.8 Å². The van der Waals surface area contributed by atoms with Crippen molar-refractivity contribution in [3.05, 3.63) is 54.6 Å². The molecule has 5 rings (SSSR count). The first kappa shape index (κ1) is 23.2. The highest BCUT2D eigenvalue weighted by Gasteiger charge is 2.54. The molecule has 8 heteroatoms. The molecule has 8 nitrogen and oxygen atoms in total. The fourth-order valence-electron chi connectivity index (χ4n) is 5.08. The van der Waals surface area contributed by atoms with Gasteiger partial charge in [0.2, 0.25) is 5.96 Å². The summed E-state index contributed by atoms with van der Waals surface area (Å²) in [5, 5.41) is 0. The number of unbranched alkanes of at least 4 members (excludes halogenated alkanes) is 4. The van der Waals surface area contributed by atoms with E-state index >= 15 is 0 Å². The molecule has 0 N–H and O–H groups in total. The molecule has 2 aromatic carbocycles. The lowest BCUT2D eigenvalue weighted by Crippen LogP contribution is -2.64. The Morgan fingerprint density at radius 1 is 0.914 bits per heavy atom. The van der Waals surface area contributed by atoms with Gasteiger partial charge < -0.3 is 19.4 Å². The zero-order valence-electron chi connectivity index (χ0n) is 20.5. The number of rotatable bonds is 9. The van der Waals surface area contributed by atoms with E-state index in [9.17, 15) is 9.59 Å². The van der Waals surface area contributed by atoms with Crippen molar-refractivity contribution in [3.63, 3.8) is 0 Å². The summed E-state index contributed by atoms with van der Waals surface area (Å²) < 4.78 is 5.91. The van der Waals surface area contributed by atoms with Crippen LogP contribution in [0.5, 0.6) is 11.5 Å². The molecule has 0 radical (unpaired) electrons. The molecule has 2 saturated heterocycles. The minimum Gasteiger partial charge on any atom is -0.457 e. The van der Waals surface area contributed by atoms with Gasteiger partial charge in [0.25, 0.3) is 5.91 Å². The SMILES string of the molecule is CCCCCCCN1C(=O)C2C(N=C3N(c4ccc(Oc5ccccc5)cc4)CCN32)N(C)C1=O. The van der Waals surface area contributed by atoms with Crippen molar-refractivity contribution >= 4 is 23.6 Å². The third-order valence-corrected chi connectivity index (χ3v) is 6.99. The van der Waals surface area contributed by atoms with E-state index < -0.39 is 12.2 Å². The summed E-state index contributed by atoms with van der Waals surface area (Å²) in [6.45, 7) is 4.09. The first-order valence-electron chi connectivity index (χ1n) is 12.6. The topological polar surface area (TPSA) is 68.7 Å². The van der Waals surface area contributed by atoms with Crippen LogP contribution in [0.15, 0.2) is 59.6 Å². The number of benzene rings is 2. The van der Waals surface area contributed by atoms with Crippen molar-refractivity contribution in [2.75, 3.05) is 31.6 Å². The quantitative estimate of drug-likeness (QED) is 0.499. The van der Waals surface area contributed by atoms with Gasteiger partial charge in [-0.25, -0.2) is 9.79 Å². The third-order valence-electron chi connectivity index (χ3n) is 6.99. The number of anilines is 1. The molecule has 3 heterocycles. The van der Waals surface area contributed by atoms with Gasteiger partial charge in [0.15, 0.2) is 12.2 Å². The molecule has 3 aliphatic rings. The van der Waals surface area contributed by atoms with Gasteiger partial charge in [0, 0.05) is 32.4 Å². The molecule has 0 saturated carbocycles. The molecule has 2 atom stereocenters. The van der Waals surface area contributed by atoms with Gasteiger partial charge in [-0.15, -0.1) is 0 Å². The highest BCUT2D eigenvalue weighted by Crippen LogP contribution is 2.34. The lowest BCUT2D eigenvalue weighted by atomic mass is 10.1. The number of hydrogen-bond acceptors (Lipinski definition) is 6. The summed E-state index contributed by atoms with van der Waals surface area (Å²) in [6.07, 6.45) is 4.89. The Kier molecular flexibility index (Phi) is 6.61. The second kappa shape index (κ2) is 9.98. The van der Waals surface area contributed by atoms with E-state index in [0.717, 1.165) is 49.0 Å². The molecule has 0 aliphatic carbocycles. The fourth-order valence-corrected chi connectivity index (χ4v) is 5.08. The molecule has 35 heavy (non-hydrogen) atoms. The Balaban J connectivity index is 1.28. The van der Waals surface area contributed by atoms with Crippen molar-refractivity contribution in [3.8, 4) is 11.5 Å². The van der Waals surface area contributed by atoms with Crippen molar-refractivity contribution in [2.24, 2.45) is 4.99 Å². The van der Waals surface area contributed by atoms with Crippen LogP contribution in [-0.4, -0.2) is 71.5 Å². The van der Waals surface area contributed by atoms with Crippen LogP contribution in [-0.2, 0) is 4.79 Å². The number of imide groups is 1. The van der Waals surface area contributed by atoms with Crippen LogP contribution in [0, 0.1) is 0 Å². The predicted octanol–water partition coefficient (Wildman–Crippen LogP) is 4.53. The Bertz CT molecular complexity index is 1090. The zero-order chi connectivity index (χ0) is 24.4. The number of urea groups is 1. The molecule has 2 unspecified atom stereocenters. The maximum atomic E-state index is 13.4. The highest BCUT2D eigenvalue weighted by molar-refractivity contribution is 6.08. The predicted molar refractivity (Wildman–Crippen MR) is 136 cm³/mol. The van der Waals surface area contributed by atoms with Crippen LogP contribution in [0.3, 0.4) is 0 Å². The number of amides is 3. The van der Waals surface area contributed by atoms with E-state index in [4.69, 9.17) is 9.73 Å². The van der Waals surface area contributed by atoms with Crippen LogP contribution in [0.1, 0.15) is 39.0 Å². The van der Waals surface area contributed by atoms with Crippen LogP contribution in [0.4, 0.5) is 10.5 Å². The summed E-state index contributed by atoms with van der Waals surface area (Å²) in [7, 11) is 1.75. The third kappa shape index (κ3) is 4.45. The van der Waals surface area contributed by atoms with Crippen molar-refractivity contribution in [1.82, 2.24) is 14.7 Å². The Morgan fingerprint density at radius 2 is 1.63 bits per heavy atom. The Hall–Kier alpha value is -3.55. The molecule has 3 amide bonds. The van der Waals surface area contributed by atoms with Crippen molar-refractivity contribution in [1.29, 1.82) is 0 Å². The normalized spacial score (nSPS) is 21.4.